The van der Waals surface area contributed by atoms with E-state index in [-0.39, 0.29) is 39.5 Å². The van der Waals surface area contributed by atoms with Crippen molar-refractivity contribution in [2.75, 3.05) is 4.90 Å². The minimum Gasteiger partial charge on any atom is -0.307 e. The van der Waals surface area contributed by atoms with E-state index in [1.807, 2.05) is 12.1 Å². The summed E-state index contributed by atoms with van der Waals surface area (Å²) in [5.41, 5.74) is 0.0336. The van der Waals surface area contributed by atoms with Gasteiger partial charge in [0, 0.05) is 28.4 Å². The number of H-pyrrole nitrogens is 1. The molecular weight excluding hydrogens is 511 g/mol. The summed E-state index contributed by atoms with van der Waals surface area (Å²) < 4.78 is 40.0. The molecule has 0 spiro atoms. The Labute approximate surface area is 210 Å². The molecule has 6 nitrogen and oxygen atoms in total. The third-order valence-corrected chi connectivity index (χ3v) is 10.8. The van der Waals surface area contributed by atoms with Gasteiger partial charge in [0.1, 0.15) is 0 Å². The number of nitrogens with one attached hydrogen (secondary N) is 1. The molecule has 2 aromatic heterocycles. The number of thiazole rings is 1. The lowest BCUT2D eigenvalue weighted by Crippen LogP contribution is -2.42. The van der Waals surface area contributed by atoms with Gasteiger partial charge in [-0.2, -0.15) is 13.2 Å². The fourth-order valence-corrected chi connectivity index (χ4v) is 9.91. The molecule has 3 fully saturated rings. The summed E-state index contributed by atoms with van der Waals surface area (Å²) in [7, 11) is 0. The van der Waals surface area contributed by atoms with E-state index in [1.54, 1.807) is 24.2 Å². The van der Waals surface area contributed by atoms with E-state index in [4.69, 9.17) is 0 Å². The van der Waals surface area contributed by atoms with Crippen LogP contribution in [0.2, 0.25) is 0 Å². The normalized spacial score (nSPS) is 32.5. The van der Waals surface area contributed by atoms with Crippen LogP contribution >= 0.6 is 23.1 Å². The van der Waals surface area contributed by atoms with Crippen molar-refractivity contribution in [2.24, 2.45) is 29.6 Å². The van der Waals surface area contributed by atoms with Crippen molar-refractivity contribution in [3.05, 3.63) is 74.5 Å². The number of halogens is 3. The average Bonchev–Trinajstić information content (AvgIpc) is 3.58. The van der Waals surface area contributed by atoms with Gasteiger partial charge in [-0.25, -0.2) is 0 Å². The van der Waals surface area contributed by atoms with Crippen LogP contribution in [0.5, 0.6) is 0 Å². The Morgan fingerprint density at radius 3 is 2.53 bits per heavy atom. The van der Waals surface area contributed by atoms with E-state index < -0.39 is 35.4 Å². The molecular formula is C25H18F3N3O3S2. The minimum absolute atomic E-state index is 0.0115. The van der Waals surface area contributed by atoms with Gasteiger partial charge in [-0.3, -0.25) is 24.3 Å². The molecule has 184 valence electrons. The predicted octanol–water partition coefficient (Wildman–Crippen LogP) is 4.53. The van der Waals surface area contributed by atoms with Gasteiger partial charge < -0.3 is 4.98 Å². The number of hydrogen-bond donors (Lipinski definition) is 1. The van der Waals surface area contributed by atoms with Crippen LogP contribution in [-0.4, -0.2) is 27.0 Å². The molecule has 11 heteroatoms. The molecule has 2 amide bonds. The second-order valence-corrected chi connectivity index (χ2v) is 12.0. The van der Waals surface area contributed by atoms with Crippen LogP contribution in [-0.2, 0) is 15.8 Å². The molecule has 7 atom stereocenters. The number of thioether (sulfide) groups is 1. The van der Waals surface area contributed by atoms with E-state index in [1.165, 1.54) is 23.5 Å². The van der Waals surface area contributed by atoms with Crippen LogP contribution in [0.3, 0.4) is 0 Å². The Hall–Kier alpha value is -2.92. The Morgan fingerprint density at radius 2 is 1.81 bits per heavy atom. The van der Waals surface area contributed by atoms with Gasteiger partial charge in [0.2, 0.25) is 11.8 Å². The number of amides is 2. The molecule has 4 heterocycles. The van der Waals surface area contributed by atoms with Crippen molar-refractivity contribution in [3.8, 4) is 0 Å². The van der Waals surface area contributed by atoms with Crippen molar-refractivity contribution in [1.29, 1.82) is 0 Å². The van der Waals surface area contributed by atoms with Crippen molar-refractivity contribution < 1.29 is 22.8 Å². The van der Waals surface area contributed by atoms with Crippen LogP contribution in [0.4, 0.5) is 18.9 Å². The number of benzene rings is 1. The Bertz CT molecular complexity index is 1470. The third kappa shape index (κ3) is 2.98. The highest BCUT2D eigenvalue weighted by atomic mass is 32.2. The maximum Gasteiger partial charge on any atom is 0.416 e. The standard InChI is InChI=1S/C25H18F3N3O3S2/c26-25(27,28)11-4-1-5-12(7-11)31-22(32)17-13-8-14(18(17)23(31)33)19-16(13)15(10-3-2-6-29-9-10)20-21(35-19)30-24(34)36-20/h1-7,9,13-19H,8H2,(H,30,34)/t13-,14-,15-,16-,17+,18-,19+/m0/s1. The number of pyridine rings is 1. The van der Waals surface area contributed by atoms with E-state index in [2.05, 4.69) is 9.97 Å². The lowest BCUT2D eigenvalue weighted by molar-refractivity contribution is -0.137. The van der Waals surface area contributed by atoms with Gasteiger partial charge in [0.15, 0.2) is 0 Å². The van der Waals surface area contributed by atoms with Crippen molar-refractivity contribution in [2.45, 2.75) is 28.8 Å². The monoisotopic (exact) mass is 529 g/mol. The number of fused-ring (bicyclic) bond motifs is 9. The molecule has 1 saturated heterocycles. The van der Waals surface area contributed by atoms with Crippen LogP contribution in [0, 0.1) is 29.6 Å². The van der Waals surface area contributed by atoms with Gasteiger partial charge >= 0.3 is 11.0 Å². The van der Waals surface area contributed by atoms with Crippen LogP contribution in [0.25, 0.3) is 0 Å². The quantitative estimate of drug-likeness (QED) is 0.494. The van der Waals surface area contributed by atoms with E-state index >= 15 is 0 Å². The van der Waals surface area contributed by atoms with Gasteiger partial charge in [0.25, 0.3) is 0 Å². The van der Waals surface area contributed by atoms with Crippen molar-refractivity contribution in [3.63, 3.8) is 0 Å². The molecule has 3 aromatic rings. The molecule has 0 unspecified atom stereocenters. The summed E-state index contributed by atoms with van der Waals surface area (Å²) in [4.78, 5) is 48.5. The molecule has 2 aliphatic carbocycles. The first kappa shape index (κ1) is 22.3. The Balaban J connectivity index is 1.30. The summed E-state index contributed by atoms with van der Waals surface area (Å²) >= 11 is 2.74. The zero-order valence-electron chi connectivity index (χ0n) is 18.4. The molecule has 2 bridgehead atoms. The van der Waals surface area contributed by atoms with Crippen molar-refractivity contribution >= 4 is 40.6 Å². The highest BCUT2D eigenvalue weighted by Gasteiger charge is 2.69. The smallest absolute Gasteiger partial charge is 0.307 e. The lowest BCUT2D eigenvalue weighted by atomic mass is 9.68. The van der Waals surface area contributed by atoms with Gasteiger partial charge in [-0.05, 0) is 54.0 Å². The largest absolute Gasteiger partial charge is 0.416 e. The maximum absolute atomic E-state index is 13.7. The minimum atomic E-state index is -4.58. The number of anilines is 1. The van der Waals surface area contributed by atoms with E-state index in [9.17, 15) is 27.6 Å². The third-order valence-electron chi connectivity index (χ3n) is 8.20. The number of hydrogen-bond acceptors (Lipinski definition) is 6. The summed E-state index contributed by atoms with van der Waals surface area (Å²) in [6.07, 6.45) is -0.400. The van der Waals surface area contributed by atoms with Crippen molar-refractivity contribution in [1.82, 2.24) is 9.97 Å². The van der Waals surface area contributed by atoms with Gasteiger partial charge in [-0.15, -0.1) is 11.8 Å². The highest BCUT2D eigenvalue weighted by Crippen LogP contribution is 2.68. The lowest BCUT2D eigenvalue weighted by Gasteiger charge is -2.42. The molecule has 7 rings (SSSR count). The number of aromatic amines is 1. The summed E-state index contributed by atoms with van der Waals surface area (Å²) in [6, 6.07) is 8.24. The Morgan fingerprint density at radius 1 is 1.03 bits per heavy atom. The number of carbonyl (C=O) groups is 2. The van der Waals surface area contributed by atoms with E-state index in [0.29, 0.717) is 6.42 Å². The second-order valence-electron chi connectivity index (χ2n) is 9.81. The first-order valence-electron chi connectivity index (χ1n) is 11.6. The van der Waals surface area contributed by atoms with Crippen LogP contribution in [0.15, 0.2) is 58.6 Å². The first-order valence-corrected chi connectivity index (χ1v) is 13.3. The molecule has 2 saturated carbocycles. The maximum atomic E-state index is 13.7. The Kier molecular flexibility index (Phi) is 4.67. The summed E-state index contributed by atoms with van der Waals surface area (Å²) in [5, 5.41) is 0.813. The first-order chi connectivity index (χ1) is 17.2. The summed E-state index contributed by atoms with van der Waals surface area (Å²) in [6.45, 7) is 0. The number of nitrogens with zero attached hydrogens (tertiary/aromatic N) is 2. The molecule has 0 radical (unpaired) electrons. The zero-order valence-corrected chi connectivity index (χ0v) is 20.1. The van der Waals surface area contributed by atoms with Gasteiger partial charge in [-0.1, -0.05) is 23.5 Å². The topological polar surface area (TPSA) is 83.1 Å². The second kappa shape index (κ2) is 7.55. The highest BCUT2D eigenvalue weighted by molar-refractivity contribution is 8.00. The van der Waals surface area contributed by atoms with Crippen LogP contribution in [0.1, 0.15) is 28.3 Å². The molecule has 4 aliphatic rings. The molecule has 2 aliphatic heterocycles. The molecule has 36 heavy (non-hydrogen) atoms. The fourth-order valence-electron chi connectivity index (χ4n) is 7.03. The number of aromatic nitrogens is 2. The summed E-state index contributed by atoms with van der Waals surface area (Å²) in [5.74, 6) is -2.30. The number of carbonyl (C=O) groups excluding carboxylic acids is 2. The van der Waals surface area contributed by atoms with Crippen LogP contribution < -0.4 is 9.77 Å². The van der Waals surface area contributed by atoms with Gasteiger partial charge in [0.05, 0.1) is 28.1 Å². The number of alkyl halides is 3. The SMILES string of the molecule is O=C1[C@@H]2[C@H]3C[C@H]([C@H]4Sc5[nH]c(=O)sc5[C@@H](c5cccnc5)[C@H]34)[C@@H]2C(=O)N1c1cccc(C(F)(F)F)c1. The van der Waals surface area contributed by atoms with E-state index in [0.717, 1.165) is 32.5 Å². The fraction of sp³-hybridized carbons (Fsp3) is 0.360. The number of imide groups is 1. The molecule has 1 aromatic carbocycles. The predicted molar refractivity (Wildman–Crippen MR) is 127 cm³/mol. The number of rotatable bonds is 2. The average molecular weight is 530 g/mol. The zero-order chi connectivity index (χ0) is 24.9. The molecule has 1 N–H and O–H groups in total.